The third kappa shape index (κ3) is 795. The average molecular weight is 204 g/mol. The minimum atomic E-state index is -5.38. The summed E-state index contributed by atoms with van der Waals surface area (Å²) in [7, 11) is -2.42. The van der Waals surface area contributed by atoms with Crippen LogP contribution < -0.4 is 34.6 Å². The molecule has 0 spiro atoms. The van der Waals surface area contributed by atoms with Crippen LogP contribution in [-0.4, -0.2) is 21.6 Å². The fourth-order valence-corrected chi connectivity index (χ4v) is 0. The second kappa shape index (κ2) is 7.93. The van der Waals surface area contributed by atoms with Crippen LogP contribution in [0, 0.1) is 0 Å². The third-order valence-corrected chi connectivity index (χ3v) is 0. The molecular formula is H3BMnNaO7. The molecule has 0 unspecified atom stereocenters. The van der Waals surface area contributed by atoms with Crippen molar-refractivity contribution in [1.82, 2.24) is 0 Å². The second-order valence-electron chi connectivity index (χ2n) is 0.722. The Hall–Kier alpha value is 0.824. The van der Waals surface area contributed by atoms with Gasteiger partial charge >= 0.3 is 65.5 Å². The summed E-state index contributed by atoms with van der Waals surface area (Å²) < 4.78 is 33.1. The van der Waals surface area contributed by atoms with Crippen molar-refractivity contribution in [2.45, 2.75) is 0 Å². The first-order valence-electron chi connectivity index (χ1n) is 1.38. The molecular weight excluding hydrogens is 201 g/mol. The van der Waals surface area contributed by atoms with Crippen LogP contribution in [0.2, 0.25) is 0 Å². The molecule has 0 amide bonds. The van der Waals surface area contributed by atoms with Crippen molar-refractivity contribution >= 4 is 7.32 Å². The van der Waals surface area contributed by atoms with Crippen molar-refractivity contribution in [2.24, 2.45) is 0 Å². The maximum absolute atomic E-state index is 8.69. The Balaban J connectivity index is -0.0000000910. The van der Waals surface area contributed by atoms with Crippen LogP contribution in [0.1, 0.15) is 0 Å². The zero-order valence-electron chi connectivity index (χ0n) is 4.93. The first-order valence-corrected chi connectivity index (χ1v) is 3.36. The molecule has 0 fully saturated rings. The van der Waals surface area contributed by atoms with Crippen molar-refractivity contribution in [1.29, 1.82) is 0 Å². The van der Waals surface area contributed by atoms with Gasteiger partial charge < -0.3 is 15.1 Å². The van der Waals surface area contributed by atoms with Gasteiger partial charge in [-0.05, 0) is 0 Å². The predicted octanol–water partition coefficient (Wildman–Crippen LogP) is -6.60. The van der Waals surface area contributed by atoms with Crippen LogP contribution in [0.5, 0.6) is 0 Å². The average Bonchev–Trinajstić information content (AvgIpc) is 1.19. The molecule has 3 N–H and O–H groups in total. The summed E-state index contributed by atoms with van der Waals surface area (Å²) in [6.07, 6.45) is 0. The number of rotatable bonds is 0. The monoisotopic (exact) mass is 204 g/mol. The summed E-state index contributed by atoms with van der Waals surface area (Å²) in [5.41, 5.74) is 0. The molecule has 0 radical (unpaired) electrons. The van der Waals surface area contributed by atoms with Crippen molar-refractivity contribution < 1.29 is 73.3 Å². The fraction of sp³-hybridized carbons (Fsp3) is 0. The van der Waals surface area contributed by atoms with E-state index < -0.39 is 20.3 Å². The quantitative estimate of drug-likeness (QED) is 0.333. The molecule has 0 aliphatic carbocycles. The molecule has 10 heteroatoms. The van der Waals surface area contributed by atoms with Gasteiger partial charge in [-0.2, -0.15) is 0 Å². The van der Waals surface area contributed by atoms with Gasteiger partial charge in [-0.1, -0.05) is 0 Å². The molecule has 7 nitrogen and oxygen atoms in total. The van der Waals surface area contributed by atoms with Gasteiger partial charge in [0.2, 0.25) is 0 Å². The van der Waals surface area contributed by atoms with E-state index in [0.29, 0.717) is 0 Å². The first-order chi connectivity index (χ1) is 3.73. The van der Waals surface area contributed by atoms with E-state index in [4.69, 9.17) is 30.8 Å². The number of hydrogen-bond donors (Lipinski definition) is 3. The molecule has 0 aromatic heterocycles. The zero-order chi connectivity index (χ0) is 8.08. The summed E-state index contributed by atoms with van der Waals surface area (Å²) in [5, 5.41) is 22.8. The van der Waals surface area contributed by atoms with Gasteiger partial charge in [-0.15, -0.1) is 0 Å². The first kappa shape index (κ1) is 17.1. The van der Waals surface area contributed by atoms with Crippen LogP contribution in [0.4, 0.5) is 0 Å². The van der Waals surface area contributed by atoms with Gasteiger partial charge in [-0.25, -0.2) is 0 Å². The Morgan fingerprint density at radius 3 is 1.20 bits per heavy atom. The van der Waals surface area contributed by atoms with Crippen molar-refractivity contribution in [2.75, 3.05) is 0 Å². The van der Waals surface area contributed by atoms with Crippen LogP contribution in [-0.2, 0) is 24.5 Å². The summed E-state index contributed by atoms with van der Waals surface area (Å²) in [4.78, 5) is 0. The van der Waals surface area contributed by atoms with Crippen LogP contribution >= 0.6 is 0 Å². The predicted molar refractivity (Wildman–Crippen MR) is 14.5 cm³/mol. The molecule has 10 heavy (non-hydrogen) atoms. The van der Waals surface area contributed by atoms with Gasteiger partial charge in [0, 0.05) is 0 Å². The van der Waals surface area contributed by atoms with E-state index in [1.54, 1.807) is 0 Å². The molecule has 0 bridgehead atoms. The van der Waals surface area contributed by atoms with E-state index >= 15 is 0 Å². The molecule has 0 aliphatic rings. The van der Waals surface area contributed by atoms with Crippen molar-refractivity contribution in [3.63, 3.8) is 0 Å². The maximum atomic E-state index is 8.69. The molecule has 56 valence electrons. The molecule has 0 saturated heterocycles. The molecule has 0 aromatic rings. The zero-order valence-corrected chi connectivity index (χ0v) is 8.11. The Kier molecular flexibility index (Phi) is 13.5. The third-order valence-electron chi connectivity index (χ3n) is 0. The second-order valence-corrected chi connectivity index (χ2v) is 1.96. The minimum absolute atomic E-state index is 0. The van der Waals surface area contributed by atoms with Gasteiger partial charge in [-0.3, -0.25) is 0 Å². The Bertz CT molecular complexity index is 166. The van der Waals surface area contributed by atoms with Gasteiger partial charge in [0.1, 0.15) is 0 Å². The number of hydrogen-bond acceptors (Lipinski definition) is 6. The van der Waals surface area contributed by atoms with E-state index in [2.05, 4.69) is 0 Å². The molecule has 0 aliphatic heterocycles. The molecule has 0 rings (SSSR count). The van der Waals surface area contributed by atoms with E-state index in [0.717, 1.165) is 0 Å². The van der Waals surface area contributed by atoms with Crippen LogP contribution in [0.15, 0.2) is 0 Å². The molecule has 0 aromatic carbocycles. The summed E-state index contributed by atoms with van der Waals surface area (Å²) >= 11 is -5.38. The standard InChI is InChI=1S/BH2O3.Mn.Na.H2O.3O/c2-1(3)4;;;;;;/h2-3H;;;1H2;;;/q-1;2*+1;;;;/p-1. The normalized spacial score (nSPS) is 8.40. The van der Waals surface area contributed by atoms with E-state index in [-0.39, 0.29) is 29.6 Å². The summed E-state index contributed by atoms with van der Waals surface area (Å²) in [5.74, 6) is 0. The van der Waals surface area contributed by atoms with Gasteiger partial charge in [0.15, 0.2) is 0 Å². The fourth-order valence-electron chi connectivity index (χ4n) is 0. The summed E-state index contributed by atoms with van der Waals surface area (Å²) in [6.45, 7) is 0. The van der Waals surface area contributed by atoms with E-state index in [1.165, 1.54) is 0 Å². The Labute approximate surface area is 80.3 Å². The SMILES string of the molecule is [Na+].[O-]B(O)O.[O]=[Mn](=[O])(=[O])[OH]. The summed E-state index contributed by atoms with van der Waals surface area (Å²) in [6, 6.07) is 0. The molecule has 0 atom stereocenters. The van der Waals surface area contributed by atoms with Crippen molar-refractivity contribution in [3.8, 4) is 0 Å². The van der Waals surface area contributed by atoms with Crippen LogP contribution in [0.3, 0.4) is 0 Å². The topological polar surface area (TPSA) is 135 Å². The Morgan fingerprint density at radius 2 is 1.20 bits per heavy atom. The molecule has 0 heterocycles. The van der Waals surface area contributed by atoms with Crippen molar-refractivity contribution in [3.05, 3.63) is 0 Å². The van der Waals surface area contributed by atoms with E-state index in [1.807, 2.05) is 0 Å². The van der Waals surface area contributed by atoms with Crippen LogP contribution in [0.25, 0.3) is 0 Å². The van der Waals surface area contributed by atoms with Gasteiger partial charge in [0.25, 0.3) is 0 Å². The van der Waals surface area contributed by atoms with E-state index in [9.17, 15) is 0 Å². The molecule has 0 saturated carbocycles. The Morgan fingerprint density at radius 1 is 1.20 bits per heavy atom. The van der Waals surface area contributed by atoms with Gasteiger partial charge in [0.05, 0.1) is 0 Å².